The SMILES string of the molecule is CC(=O)N[C@H](Cc1ccccc1)C(=O)N[C@H](CC(=O)OCc1ccccc1)C(=O)O. The molecule has 30 heavy (non-hydrogen) atoms. The van der Waals surface area contributed by atoms with Crippen molar-refractivity contribution in [1.29, 1.82) is 0 Å². The highest BCUT2D eigenvalue weighted by atomic mass is 16.5. The minimum Gasteiger partial charge on any atom is -0.480 e. The fourth-order valence-electron chi connectivity index (χ4n) is 2.74. The number of carbonyl (C=O) groups is 4. The van der Waals surface area contributed by atoms with E-state index in [1.54, 1.807) is 48.5 Å². The van der Waals surface area contributed by atoms with Crippen LogP contribution in [0.4, 0.5) is 0 Å². The fraction of sp³-hybridized carbons (Fsp3) is 0.273. The second kappa shape index (κ2) is 11.4. The minimum absolute atomic E-state index is 0.00246. The van der Waals surface area contributed by atoms with Crippen molar-refractivity contribution < 1.29 is 29.0 Å². The standard InChI is InChI=1S/C22H24N2O6/c1-15(25)23-18(12-16-8-4-2-5-9-16)21(27)24-19(22(28)29)13-20(26)30-14-17-10-6-3-7-11-17/h2-11,18-19H,12-14H2,1H3,(H,23,25)(H,24,27)(H,28,29)/t18-,19-/m1/s1. The topological polar surface area (TPSA) is 122 Å². The van der Waals surface area contributed by atoms with Gasteiger partial charge in [-0.1, -0.05) is 60.7 Å². The number of carbonyl (C=O) groups excluding carboxylic acids is 3. The molecule has 2 aromatic carbocycles. The number of hydrogen-bond donors (Lipinski definition) is 3. The average molecular weight is 412 g/mol. The van der Waals surface area contributed by atoms with Crippen LogP contribution in [0.5, 0.6) is 0 Å². The third-order valence-corrected chi connectivity index (χ3v) is 4.20. The van der Waals surface area contributed by atoms with Crippen molar-refractivity contribution in [1.82, 2.24) is 10.6 Å². The van der Waals surface area contributed by atoms with Crippen molar-refractivity contribution in [2.24, 2.45) is 0 Å². The number of benzene rings is 2. The van der Waals surface area contributed by atoms with Crippen molar-refractivity contribution in [3.05, 3.63) is 71.8 Å². The number of esters is 1. The Bertz CT molecular complexity index is 870. The van der Waals surface area contributed by atoms with E-state index in [0.29, 0.717) is 0 Å². The molecule has 0 unspecified atom stereocenters. The first kappa shape index (κ1) is 22.6. The summed E-state index contributed by atoms with van der Waals surface area (Å²) in [5.41, 5.74) is 1.55. The number of nitrogens with one attached hydrogen (secondary N) is 2. The summed E-state index contributed by atoms with van der Waals surface area (Å²) >= 11 is 0. The lowest BCUT2D eigenvalue weighted by Gasteiger charge is -2.21. The number of carboxylic acid groups (broad SMARTS) is 1. The van der Waals surface area contributed by atoms with E-state index in [1.807, 2.05) is 12.1 Å². The van der Waals surface area contributed by atoms with Crippen LogP contribution in [0, 0.1) is 0 Å². The van der Waals surface area contributed by atoms with Crippen LogP contribution in [0.2, 0.25) is 0 Å². The third-order valence-electron chi connectivity index (χ3n) is 4.20. The molecule has 0 radical (unpaired) electrons. The van der Waals surface area contributed by atoms with Gasteiger partial charge in [-0.25, -0.2) is 4.79 Å². The summed E-state index contributed by atoms with van der Waals surface area (Å²) in [6, 6.07) is 15.5. The summed E-state index contributed by atoms with van der Waals surface area (Å²) in [6.07, 6.45) is -0.358. The van der Waals surface area contributed by atoms with Crippen LogP contribution in [0.15, 0.2) is 60.7 Å². The molecule has 0 aliphatic heterocycles. The Kier molecular flexibility index (Phi) is 8.56. The molecule has 0 saturated carbocycles. The number of aliphatic carboxylic acids is 1. The number of rotatable bonds is 10. The smallest absolute Gasteiger partial charge is 0.326 e. The van der Waals surface area contributed by atoms with Crippen LogP contribution >= 0.6 is 0 Å². The molecule has 0 bridgehead atoms. The van der Waals surface area contributed by atoms with Gasteiger partial charge in [0.25, 0.3) is 0 Å². The molecule has 2 aromatic rings. The molecule has 2 amide bonds. The Morgan fingerprint density at radius 1 is 0.867 bits per heavy atom. The van der Waals surface area contributed by atoms with Crippen molar-refractivity contribution in [2.75, 3.05) is 0 Å². The molecular formula is C22H24N2O6. The number of carboxylic acids is 1. The molecule has 3 N–H and O–H groups in total. The van der Waals surface area contributed by atoms with Gasteiger partial charge in [0.15, 0.2) is 0 Å². The summed E-state index contributed by atoms with van der Waals surface area (Å²) < 4.78 is 5.09. The van der Waals surface area contributed by atoms with Gasteiger partial charge in [0, 0.05) is 13.3 Å². The fourth-order valence-corrected chi connectivity index (χ4v) is 2.74. The van der Waals surface area contributed by atoms with Gasteiger partial charge < -0.3 is 20.5 Å². The van der Waals surface area contributed by atoms with E-state index in [9.17, 15) is 24.3 Å². The van der Waals surface area contributed by atoms with Crippen molar-refractivity contribution in [2.45, 2.75) is 38.5 Å². The lowest BCUT2D eigenvalue weighted by molar-refractivity contribution is -0.151. The number of amides is 2. The molecule has 0 saturated heterocycles. The van der Waals surface area contributed by atoms with E-state index in [-0.39, 0.29) is 13.0 Å². The van der Waals surface area contributed by atoms with Crippen LogP contribution in [0.25, 0.3) is 0 Å². The van der Waals surface area contributed by atoms with Crippen molar-refractivity contribution >= 4 is 23.8 Å². The zero-order chi connectivity index (χ0) is 21.9. The molecular weight excluding hydrogens is 388 g/mol. The largest absolute Gasteiger partial charge is 0.480 e. The molecule has 8 heteroatoms. The maximum absolute atomic E-state index is 12.6. The Morgan fingerprint density at radius 3 is 1.97 bits per heavy atom. The normalized spacial score (nSPS) is 12.3. The van der Waals surface area contributed by atoms with Gasteiger partial charge in [-0.3, -0.25) is 14.4 Å². The van der Waals surface area contributed by atoms with Gasteiger partial charge in [-0.15, -0.1) is 0 Å². The van der Waals surface area contributed by atoms with E-state index >= 15 is 0 Å². The highest BCUT2D eigenvalue weighted by Crippen LogP contribution is 2.06. The molecule has 0 heterocycles. The van der Waals surface area contributed by atoms with Gasteiger partial charge in [-0.2, -0.15) is 0 Å². The molecule has 2 rings (SSSR count). The van der Waals surface area contributed by atoms with Crippen LogP contribution < -0.4 is 10.6 Å². The van der Waals surface area contributed by atoms with Gasteiger partial charge >= 0.3 is 11.9 Å². The molecule has 8 nitrogen and oxygen atoms in total. The molecule has 2 atom stereocenters. The summed E-state index contributed by atoms with van der Waals surface area (Å²) in [4.78, 5) is 47.7. The maximum Gasteiger partial charge on any atom is 0.326 e. The van der Waals surface area contributed by atoms with Crippen LogP contribution in [0.1, 0.15) is 24.5 Å². The highest BCUT2D eigenvalue weighted by molar-refractivity contribution is 5.91. The lowest BCUT2D eigenvalue weighted by atomic mass is 10.0. The zero-order valence-electron chi connectivity index (χ0n) is 16.5. The Labute approximate surface area is 174 Å². The van der Waals surface area contributed by atoms with Gasteiger partial charge in [0.1, 0.15) is 18.7 Å². The predicted octanol–water partition coefficient (Wildman–Crippen LogP) is 1.44. The van der Waals surface area contributed by atoms with E-state index < -0.39 is 42.3 Å². The van der Waals surface area contributed by atoms with Crippen LogP contribution in [-0.4, -0.2) is 40.9 Å². The number of ether oxygens (including phenoxy) is 1. The number of hydrogen-bond acceptors (Lipinski definition) is 5. The van der Waals surface area contributed by atoms with E-state index in [1.165, 1.54) is 6.92 Å². The van der Waals surface area contributed by atoms with Crippen molar-refractivity contribution in [3.63, 3.8) is 0 Å². The molecule has 0 aliphatic carbocycles. The Balaban J connectivity index is 1.98. The molecule has 0 fully saturated rings. The van der Waals surface area contributed by atoms with E-state index in [0.717, 1.165) is 11.1 Å². The predicted molar refractivity (Wildman–Crippen MR) is 108 cm³/mol. The second-order valence-corrected chi connectivity index (χ2v) is 6.69. The van der Waals surface area contributed by atoms with Crippen LogP contribution in [0.3, 0.4) is 0 Å². The third kappa shape index (κ3) is 7.75. The second-order valence-electron chi connectivity index (χ2n) is 6.69. The average Bonchev–Trinajstić information content (AvgIpc) is 2.72. The Morgan fingerprint density at radius 2 is 1.43 bits per heavy atom. The lowest BCUT2D eigenvalue weighted by Crippen LogP contribution is -2.52. The van der Waals surface area contributed by atoms with E-state index in [4.69, 9.17) is 4.74 Å². The zero-order valence-corrected chi connectivity index (χ0v) is 16.5. The summed E-state index contributed by atoms with van der Waals surface area (Å²) in [6.45, 7) is 1.27. The van der Waals surface area contributed by atoms with Crippen LogP contribution in [-0.2, 0) is 36.9 Å². The first-order chi connectivity index (χ1) is 14.3. The van der Waals surface area contributed by atoms with Crippen molar-refractivity contribution in [3.8, 4) is 0 Å². The molecule has 0 aliphatic rings. The minimum atomic E-state index is -1.48. The summed E-state index contributed by atoms with van der Waals surface area (Å²) in [7, 11) is 0. The molecule has 0 aromatic heterocycles. The van der Waals surface area contributed by atoms with Gasteiger partial charge in [0.05, 0.1) is 6.42 Å². The summed E-state index contributed by atoms with van der Waals surface area (Å²) in [5.74, 6) is -3.26. The maximum atomic E-state index is 12.6. The monoisotopic (exact) mass is 412 g/mol. The molecule has 158 valence electrons. The quantitative estimate of drug-likeness (QED) is 0.508. The highest BCUT2D eigenvalue weighted by Gasteiger charge is 2.28. The van der Waals surface area contributed by atoms with Gasteiger partial charge in [0.2, 0.25) is 11.8 Å². The Hall–Kier alpha value is -3.68. The first-order valence-corrected chi connectivity index (χ1v) is 9.39. The first-order valence-electron chi connectivity index (χ1n) is 9.39. The summed E-state index contributed by atoms with van der Waals surface area (Å²) in [5, 5.41) is 14.2. The van der Waals surface area contributed by atoms with Gasteiger partial charge in [-0.05, 0) is 11.1 Å². The molecule has 0 spiro atoms. The van der Waals surface area contributed by atoms with E-state index in [2.05, 4.69) is 10.6 Å².